The van der Waals surface area contributed by atoms with Gasteiger partial charge in [-0.1, -0.05) is 18.2 Å². The molecule has 0 aromatic rings. The van der Waals surface area contributed by atoms with Gasteiger partial charge in [0.2, 0.25) is 5.91 Å². The SMILES string of the molecule is CC=CC=CC(=O)N1CCN[C@@H](C)C1. The highest BCUT2D eigenvalue weighted by Gasteiger charge is 2.17. The van der Waals surface area contributed by atoms with Gasteiger partial charge in [-0.25, -0.2) is 0 Å². The topological polar surface area (TPSA) is 32.3 Å². The van der Waals surface area contributed by atoms with Crippen LogP contribution in [0, 0.1) is 0 Å². The van der Waals surface area contributed by atoms with Crippen LogP contribution in [0.15, 0.2) is 24.3 Å². The van der Waals surface area contributed by atoms with Crippen LogP contribution in [-0.4, -0.2) is 36.5 Å². The first-order valence-corrected chi connectivity index (χ1v) is 5.05. The van der Waals surface area contributed by atoms with Crippen LogP contribution in [-0.2, 0) is 4.79 Å². The van der Waals surface area contributed by atoms with E-state index in [-0.39, 0.29) is 5.91 Å². The van der Waals surface area contributed by atoms with Crippen molar-refractivity contribution < 1.29 is 4.79 Å². The van der Waals surface area contributed by atoms with E-state index in [2.05, 4.69) is 12.2 Å². The molecule has 3 heteroatoms. The van der Waals surface area contributed by atoms with Gasteiger partial charge in [0, 0.05) is 31.8 Å². The fraction of sp³-hybridized carbons (Fsp3) is 0.545. The van der Waals surface area contributed by atoms with Crippen molar-refractivity contribution in [2.24, 2.45) is 0 Å². The van der Waals surface area contributed by atoms with Gasteiger partial charge in [0.25, 0.3) is 0 Å². The predicted octanol–water partition coefficient (Wildman–Crippen LogP) is 0.939. The van der Waals surface area contributed by atoms with Gasteiger partial charge < -0.3 is 10.2 Å². The number of carbonyl (C=O) groups excluding carboxylic acids is 1. The average Bonchev–Trinajstić information content (AvgIpc) is 2.18. The lowest BCUT2D eigenvalue weighted by Crippen LogP contribution is -2.50. The van der Waals surface area contributed by atoms with E-state index >= 15 is 0 Å². The second-order valence-corrected chi connectivity index (χ2v) is 3.52. The van der Waals surface area contributed by atoms with Crippen molar-refractivity contribution in [1.82, 2.24) is 10.2 Å². The minimum Gasteiger partial charge on any atom is -0.336 e. The normalized spacial score (nSPS) is 23.6. The van der Waals surface area contributed by atoms with Crippen LogP contribution in [0.3, 0.4) is 0 Å². The molecule has 0 unspecified atom stereocenters. The largest absolute Gasteiger partial charge is 0.336 e. The summed E-state index contributed by atoms with van der Waals surface area (Å²) in [7, 11) is 0. The molecular formula is C11H18N2O. The van der Waals surface area contributed by atoms with Gasteiger partial charge >= 0.3 is 0 Å². The fourth-order valence-corrected chi connectivity index (χ4v) is 1.49. The van der Waals surface area contributed by atoms with Gasteiger partial charge in [0.05, 0.1) is 0 Å². The Morgan fingerprint density at radius 2 is 2.29 bits per heavy atom. The third kappa shape index (κ3) is 3.34. The standard InChI is InChI=1S/C11H18N2O/c1-3-4-5-6-11(14)13-8-7-12-10(2)9-13/h3-6,10,12H,7-9H2,1-2H3/t10-/m0/s1. The number of piperazine rings is 1. The summed E-state index contributed by atoms with van der Waals surface area (Å²) >= 11 is 0. The quantitative estimate of drug-likeness (QED) is 0.524. The monoisotopic (exact) mass is 194 g/mol. The maximum atomic E-state index is 11.6. The van der Waals surface area contributed by atoms with Gasteiger partial charge in [0.15, 0.2) is 0 Å². The molecule has 1 amide bonds. The fourth-order valence-electron chi connectivity index (χ4n) is 1.49. The number of nitrogens with zero attached hydrogens (tertiary/aromatic N) is 1. The van der Waals surface area contributed by atoms with Crippen molar-refractivity contribution in [3.8, 4) is 0 Å². The minimum absolute atomic E-state index is 0.108. The van der Waals surface area contributed by atoms with Crippen LogP contribution in [0.1, 0.15) is 13.8 Å². The van der Waals surface area contributed by atoms with Crippen molar-refractivity contribution in [2.75, 3.05) is 19.6 Å². The van der Waals surface area contributed by atoms with E-state index < -0.39 is 0 Å². The molecule has 1 rings (SSSR count). The Balaban J connectivity index is 2.43. The summed E-state index contributed by atoms with van der Waals surface area (Å²) < 4.78 is 0. The van der Waals surface area contributed by atoms with Crippen LogP contribution in [0.5, 0.6) is 0 Å². The zero-order valence-electron chi connectivity index (χ0n) is 8.86. The molecule has 0 aliphatic carbocycles. The summed E-state index contributed by atoms with van der Waals surface area (Å²) in [5, 5.41) is 3.30. The number of rotatable bonds is 2. The van der Waals surface area contributed by atoms with E-state index in [1.807, 2.05) is 24.0 Å². The molecule has 1 heterocycles. The van der Waals surface area contributed by atoms with Crippen LogP contribution < -0.4 is 5.32 Å². The van der Waals surface area contributed by atoms with Crippen molar-refractivity contribution in [3.05, 3.63) is 24.3 Å². The molecule has 1 fully saturated rings. The van der Waals surface area contributed by atoms with Crippen LogP contribution in [0.25, 0.3) is 0 Å². The molecule has 1 saturated heterocycles. The number of amides is 1. The van der Waals surface area contributed by atoms with E-state index in [9.17, 15) is 4.79 Å². The highest BCUT2D eigenvalue weighted by atomic mass is 16.2. The molecule has 0 radical (unpaired) electrons. The van der Waals surface area contributed by atoms with E-state index in [1.165, 1.54) is 0 Å². The molecule has 0 saturated carbocycles. The maximum absolute atomic E-state index is 11.6. The average molecular weight is 194 g/mol. The van der Waals surface area contributed by atoms with Gasteiger partial charge in [-0.3, -0.25) is 4.79 Å². The molecule has 0 bridgehead atoms. The Morgan fingerprint density at radius 3 is 2.93 bits per heavy atom. The van der Waals surface area contributed by atoms with Gasteiger partial charge in [-0.15, -0.1) is 0 Å². The molecule has 0 aromatic carbocycles. The Hall–Kier alpha value is -1.09. The minimum atomic E-state index is 0.108. The van der Waals surface area contributed by atoms with E-state index in [1.54, 1.807) is 12.2 Å². The summed E-state index contributed by atoms with van der Waals surface area (Å²) in [6, 6.07) is 0.405. The van der Waals surface area contributed by atoms with Crippen molar-refractivity contribution in [1.29, 1.82) is 0 Å². The summed E-state index contributed by atoms with van der Waals surface area (Å²) in [4.78, 5) is 13.5. The molecule has 1 aliphatic heterocycles. The molecule has 78 valence electrons. The third-order valence-electron chi connectivity index (χ3n) is 2.22. The molecule has 1 atom stereocenters. The van der Waals surface area contributed by atoms with E-state index in [0.29, 0.717) is 6.04 Å². The van der Waals surface area contributed by atoms with Crippen LogP contribution in [0.4, 0.5) is 0 Å². The van der Waals surface area contributed by atoms with E-state index in [4.69, 9.17) is 0 Å². The lowest BCUT2D eigenvalue weighted by atomic mass is 10.2. The predicted molar refractivity (Wildman–Crippen MR) is 58.0 cm³/mol. The molecule has 3 nitrogen and oxygen atoms in total. The number of hydrogen-bond donors (Lipinski definition) is 1. The zero-order valence-corrected chi connectivity index (χ0v) is 8.86. The Bertz CT molecular complexity index is 246. The summed E-state index contributed by atoms with van der Waals surface area (Å²) in [5.74, 6) is 0.108. The zero-order chi connectivity index (χ0) is 10.4. The summed E-state index contributed by atoms with van der Waals surface area (Å²) in [6.45, 7) is 6.53. The molecule has 1 N–H and O–H groups in total. The Morgan fingerprint density at radius 1 is 1.50 bits per heavy atom. The molecule has 0 spiro atoms. The van der Waals surface area contributed by atoms with Crippen LogP contribution >= 0.6 is 0 Å². The van der Waals surface area contributed by atoms with Crippen molar-refractivity contribution >= 4 is 5.91 Å². The lowest BCUT2D eigenvalue weighted by molar-refractivity contribution is -0.127. The highest BCUT2D eigenvalue weighted by molar-refractivity contribution is 5.88. The number of hydrogen-bond acceptors (Lipinski definition) is 2. The second kappa shape index (κ2) is 5.60. The maximum Gasteiger partial charge on any atom is 0.246 e. The summed E-state index contributed by atoms with van der Waals surface area (Å²) in [6.07, 6.45) is 7.18. The van der Waals surface area contributed by atoms with Gasteiger partial charge in [0.1, 0.15) is 0 Å². The molecule has 14 heavy (non-hydrogen) atoms. The number of carbonyl (C=O) groups is 1. The molecule has 0 aromatic heterocycles. The first kappa shape index (κ1) is 11.0. The van der Waals surface area contributed by atoms with E-state index in [0.717, 1.165) is 19.6 Å². The van der Waals surface area contributed by atoms with Crippen LogP contribution in [0.2, 0.25) is 0 Å². The summed E-state index contributed by atoms with van der Waals surface area (Å²) in [5.41, 5.74) is 0. The second-order valence-electron chi connectivity index (χ2n) is 3.52. The Labute approximate surface area is 85.5 Å². The molecule has 1 aliphatic rings. The highest BCUT2D eigenvalue weighted by Crippen LogP contribution is 1.99. The lowest BCUT2D eigenvalue weighted by Gasteiger charge is -2.31. The first-order chi connectivity index (χ1) is 6.74. The Kier molecular flexibility index (Phi) is 4.40. The van der Waals surface area contributed by atoms with Gasteiger partial charge in [-0.2, -0.15) is 0 Å². The molecular weight excluding hydrogens is 176 g/mol. The van der Waals surface area contributed by atoms with Crippen molar-refractivity contribution in [2.45, 2.75) is 19.9 Å². The smallest absolute Gasteiger partial charge is 0.246 e. The number of nitrogens with one attached hydrogen (secondary N) is 1. The first-order valence-electron chi connectivity index (χ1n) is 5.05. The number of allylic oxidation sites excluding steroid dienone is 3. The van der Waals surface area contributed by atoms with Gasteiger partial charge in [-0.05, 0) is 13.8 Å². The van der Waals surface area contributed by atoms with Crippen molar-refractivity contribution in [3.63, 3.8) is 0 Å². The third-order valence-corrected chi connectivity index (χ3v) is 2.22.